The first-order chi connectivity index (χ1) is 15.4. The van der Waals surface area contributed by atoms with Gasteiger partial charge in [-0.1, -0.05) is 6.92 Å². The second kappa shape index (κ2) is 10.9. The molecule has 1 aliphatic rings. The van der Waals surface area contributed by atoms with Crippen molar-refractivity contribution in [3.63, 3.8) is 0 Å². The quantitative estimate of drug-likeness (QED) is 0.286. The van der Waals surface area contributed by atoms with Crippen LogP contribution in [-0.4, -0.2) is 37.2 Å². The number of fused-ring (bicyclic) bond motifs is 1. The van der Waals surface area contributed by atoms with Crippen LogP contribution >= 0.6 is 11.3 Å². The van der Waals surface area contributed by atoms with E-state index < -0.39 is 17.8 Å². The van der Waals surface area contributed by atoms with Crippen molar-refractivity contribution in [2.75, 3.05) is 18.5 Å². The van der Waals surface area contributed by atoms with E-state index in [-0.39, 0.29) is 6.61 Å². The number of nitrogens with one attached hydrogen (secondary N) is 2. The van der Waals surface area contributed by atoms with E-state index in [4.69, 9.17) is 9.47 Å². The predicted molar refractivity (Wildman–Crippen MR) is 123 cm³/mol. The fraction of sp³-hybridized carbons (Fsp3) is 0.391. The van der Waals surface area contributed by atoms with Gasteiger partial charge in [0.25, 0.3) is 0 Å². The first-order valence-corrected chi connectivity index (χ1v) is 11.4. The fourth-order valence-electron chi connectivity index (χ4n) is 3.45. The lowest BCUT2D eigenvalue weighted by atomic mass is 9.88. The Morgan fingerprint density at radius 3 is 2.59 bits per heavy atom. The molecule has 1 unspecified atom stereocenters. The molecule has 3 rings (SSSR count). The van der Waals surface area contributed by atoms with Crippen LogP contribution in [0.1, 0.15) is 53.6 Å². The molecule has 0 spiro atoms. The summed E-state index contributed by atoms with van der Waals surface area (Å²) >= 11 is 1.33. The molecule has 0 fully saturated rings. The van der Waals surface area contributed by atoms with E-state index in [0.717, 1.165) is 41.0 Å². The molecule has 1 aromatic heterocycles. The maximum Gasteiger partial charge on any atom is 0.341 e. The molecule has 2 aromatic rings. The van der Waals surface area contributed by atoms with Gasteiger partial charge in [0.15, 0.2) is 0 Å². The van der Waals surface area contributed by atoms with Crippen molar-refractivity contribution in [2.45, 2.75) is 40.0 Å². The molecule has 170 valence electrons. The molecule has 1 atom stereocenters. The second-order valence-electron chi connectivity index (χ2n) is 7.43. The van der Waals surface area contributed by atoms with Crippen molar-refractivity contribution in [2.24, 2.45) is 11.0 Å². The zero-order valence-electron chi connectivity index (χ0n) is 18.4. The number of esters is 1. The third-order valence-electron chi connectivity index (χ3n) is 5.00. The number of nitrogens with zero attached hydrogens (tertiary/aromatic N) is 1. The molecule has 32 heavy (non-hydrogen) atoms. The topological polar surface area (TPSA) is 106 Å². The van der Waals surface area contributed by atoms with Crippen LogP contribution in [0.25, 0.3) is 0 Å². The van der Waals surface area contributed by atoms with Gasteiger partial charge in [-0.15, -0.1) is 11.3 Å². The number of hydrogen-bond acceptors (Lipinski definition) is 7. The third kappa shape index (κ3) is 5.73. The number of hydrazone groups is 1. The number of hydrogen-bond donors (Lipinski definition) is 2. The van der Waals surface area contributed by atoms with Crippen molar-refractivity contribution >= 4 is 40.3 Å². The average molecular weight is 458 g/mol. The monoisotopic (exact) mass is 457 g/mol. The number of carbonyl (C=O) groups is 3. The predicted octanol–water partition coefficient (Wildman–Crippen LogP) is 3.54. The Morgan fingerprint density at radius 1 is 1.16 bits per heavy atom. The molecule has 0 radical (unpaired) electrons. The zero-order chi connectivity index (χ0) is 23.1. The molecule has 1 aromatic carbocycles. The van der Waals surface area contributed by atoms with E-state index in [1.165, 1.54) is 17.6 Å². The van der Waals surface area contributed by atoms with Crippen LogP contribution in [0.5, 0.6) is 5.75 Å². The number of thiophene rings is 1. The summed E-state index contributed by atoms with van der Waals surface area (Å²) in [6.45, 7) is 6.59. The van der Waals surface area contributed by atoms with Gasteiger partial charge in [-0.25, -0.2) is 10.2 Å². The Labute approximate surface area is 191 Å². The van der Waals surface area contributed by atoms with Crippen molar-refractivity contribution in [1.29, 1.82) is 0 Å². The molecule has 9 heteroatoms. The Balaban J connectivity index is 1.66. The number of amides is 2. The van der Waals surface area contributed by atoms with Crippen LogP contribution < -0.4 is 15.5 Å². The van der Waals surface area contributed by atoms with Crippen LogP contribution in [0.4, 0.5) is 5.00 Å². The van der Waals surface area contributed by atoms with Crippen molar-refractivity contribution in [1.82, 2.24) is 5.43 Å². The van der Waals surface area contributed by atoms with E-state index in [0.29, 0.717) is 23.1 Å². The second-order valence-corrected chi connectivity index (χ2v) is 8.54. The van der Waals surface area contributed by atoms with E-state index in [9.17, 15) is 14.4 Å². The summed E-state index contributed by atoms with van der Waals surface area (Å²) in [6.07, 6.45) is 3.97. The number of anilines is 1. The maximum absolute atomic E-state index is 12.5. The number of carbonyl (C=O) groups excluding carboxylic acids is 3. The van der Waals surface area contributed by atoms with Gasteiger partial charge in [0.1, 0.15) is 10.8 Å². The van der Waals surface area contributed by atoms with Crippen LogP contribution in [0.3, 0.4) is 0 Å². The molecular formula is C23H27N3O5S. The summed E-state index contributed by atoms with van der Waals surface area (Å²) in [5.74, 6) is -1.07. The molecule has 2 amide bonds. The highest BCUT2D eigenvalue weighted by atomic mass is 32.1. The van der Waals surface area contributed by atoms with Gasteiger partial charge in [-0.05, 0) is 74.4 Å². The molecule has 0 bridgehead atoms. The summed E-state index contributed by atoms with van der Waals surface area (Å²) in [7, 11) is 0. The fourth-order valence-corrected chi connectivity index (χ4v) is 4.84. The molecule has 2 N–H and O–H groups in total. The lowest BCUT2D eigenvalue weighted by molar-refractivity contribution is -0.136. The summed E-state index contributed by atoms with van der Waals surface area (Å²) in [5.41, 5.74) is 4.22. The van der Waals surface area contributed by atoms with Gasteiger partial charge < -0.3 is 14.8 Å². The molecule has 1 aliphatic carbocycles. The third-order valence-corrected chi connectivity index (χ3v) is 6.17. The number of rotatable bonds is 7. The smallest absolute Gasteiger partial charge is 0.341 e. The van der Waals surface area contributed by atoms with Crippen LogP contribution in [0.2, 0.25) is 0 Å². The minimum absolute atomic E-state index is 0.230. The molecule has 1 heterocycles. The number of benzene rings is 1. The normalized spacial score (nSPS) is 15.2. The van der Waals surface area contributed by atoms with Crippen molar-refractivity contribution < 1.29 is 23.9 Å². The Bertz CT molecular complexity index is 1010. The van der Waals surface area contributed by atoms with Gasteiger partial charge in [0.05, 0.1) is 25.0 Å². The Kier molecular flexibility index (Phi) is 7.99. The highest BCUT2D eigenvalue weighted by Crippen LogP contribution is 2.40. The minimum Gasteiger partial charge on any atom is -0.494 e. The molecular weight excluding hydrogens is 430 g/mol. The van der Waals surface area contributed by atoms with E-state index in [2.05, 4.69) is 22.8 Å². The van der Waals surface area contributed by atoms with Crippen molar-refractivity contribution in [3.8, 4) is 5.75 Å². The highest BCUT2D eigenvalue weighted by Gasteiger charge is 2.30. The van der Waals surface area contributed by atoms with Crippen LogP contribution in [0, 0.1) is 5.92 Å². The Hall–Kier alpha value is -3.20. The molecule has 0 saturated carbocycles. The van der Waals surface area contributed by atoms with Crippen LogP contribution in [-0.2, 0) is 27.2 Å². The summed E-state index contributed by atoms with van der Waals surface area (Å²) in [4.78, 5) is 38.2. The van der Waals surface area contributed by atoms with Gasteiger partial charge in [-0.3, -0.25) is 9.59 Å². The van der Waals surface area contributed by atoms with Gasteiger partial charge >= 0.3 is 17.8 Å². The molecule has 8 nitrogen and oxygen atoms in total. The van der Waals surface area contributed by atoms with Gasteiger partial charge in [0.2, 0.25) is 0 Å². The summed E-state index contributed by atoms with van der Waals surface area (Å²) in [5, 5.41) is 6.74. The van der Waals surface area contributed by atoms with Crippen LogP contribution in [0.15, 0.2) is 29.4 Å². The minimum atomic E-state index is -0.929. The largest absolute Gasteiger partial charge is 0.494 e. The lowest BCUT2D eigenvalue weighted by Crippen LogP contribution is -2.32. The number of ether oxygens (including phenoxy) is 2. The molecule has 0 aliphatic heterocycles. The van der Waals surface area contributed by atoms with Crippen molar-refractivity contribution in [3.05, 3.63) is 45.8 Å². The Morgan fingerprint density at radius 2 is 1.91 bits per heavy atom. The summed E-state index contributed by atoms with van der Waals surface area (Å²) < 4.78 is 10.6. The first-order valence-electron chi connectivity index (χ1n) is 10.6. The highest BCUT2D eigenvalue weighted by molar-refractivity contribution is 7.17. The van der Waals surface area contributed by atoms with Gasteiger partial charge in [0, 0.05) is 4.88 Å². The van der Waals surface area contributed by atoms with Gasteiger partial charge in [-0.2, -0.15) is 5.10 Å². The van der Waals surface area contributed by atoms with E-state index >= 15 is 0 Å². The maximum atomic E-state index is 12.5. The SMILES string of the molecule is CCOC(=O)c1c(NC(=O)C(=O)N/N=C/c2ccc(OCC)cc2)sc2c1CCC(C)C2. The summed E-state index contributed by atoms with van der Waals surface area (Å²) in [6, 6.07) is 7.14. The van der Waals surface area contributed by atoms with E-state index in [1.54, 1.807) is 31.2 Å². The lowest BCUT2D eigenvalue weighted by Gasteiger charge is -2.18. The first kappa shape index (κ1) is 23.5. The standard InChI is InChI=1S/C23H27N3O5S/c1-4-30-16-9-7-15(8-10-16)13-24-26-21(28)20(27)25-22-19(23(29)31-5-2)17-11-6-14(3)12-18(17)32-22/h7-10,13-14H,4-6,11-12H2,1-3H3,(H,25,27)(H,26,28)/b24-13+. The average Bonchev–Trinajstić information content (AvgIpc) is 3.12. The zero-order valence-corrected chi connectivity index (χ0v) is 19.2. The molecule has 0 saturated heterocycles. The van der Waals surface area contributed by atoms with E-state index in [1.807, 2.05) is 6.92 Å².